The average molecular weight is 375 g/mol. The van der Waals surface area contributed by atoms with Crippen LogP contribution in [0.15, 0.2) is 42.9 Å². The highest BCUT2D eigenvalue weighted by Gasteiger charge is 2.48. The molecule has 144 valence electrons. The minimum absolute atomic E-state index is 0.227. The van der Waals surface area contributed by atoms with Gasteiger partial charge in [0.1, 0.15) is 5.82 Å². The number of hydrogen-bond acceptors (Lipinski definition) is 4. The number of fused-ring (bicyclic) bond motifs is 3. The first-order valence-corrected chi connectivity index (χ1v) is 10.1. The fourth-order valence-corrected chi connectivity index (χ4v) is 4.98. The van der Waals surface area contributed by atoms with E-state index in [1.54, 1.807) is 6.33 Å². The highest BCUT2D eigenvalue weighted by Crippen LogP contribution is 2.43. The molecule has 2 aliphatic heterocycles. The molecular weight excluding hydrogens is 350 g/mol. The summed E-state index contributed by atoms with van der Waals surface area (Å²) in [5, 5.41) is 2.40. The second kappa shape index (κ2) is 6.62. The van der Waals surface area contributed by atoms with Gasteiger partial charge in [0.2, 0.25) is 5.91 Å². The Balaban J connectivity index is 1.49. The molecule has 0 saturated carbocycles. The zero-order chi connectivity index (χ0) is 19.1. The number of pyridine rings is 1. The van der Waals surface area contributed by atoms with Crippen molar-refractivity contribution in [3.05, 3.63) is 54.2 Å². The van der Waals surface area contributed by atoms with Crippen molar-refractivity contribution >= 4 is 22.5 Å². The van der Waals surface area contributed by atoms with Crippen LogP contribution in [-0.4, -0.2) is 45.4 Å². The number of anilines is 1. The van der Waals surface area contributed by atoms with Crippen LogP contribution < -0.4 is 4.90 Å². The van der Waals surface area contributed by atoms with Gasteiger partial charge in [-0.05, 0) is 24.3 Å². The van der Waals surface area contributed by atoms with Gasteiger partial charge in [0.05, 0.1) is 17.6 Å². The van der Waals surface area contributed by atoms with Crippen molar-refractivity contribution in [2.24, 2.45) is 0 Å². The molecule has 1 fully saturated rings. The maximum atomic E-state index is 12.8. The largest absolute Gasteiger partial charge is 0.356 e. The Morgan fingerprint density at radius 1 is 1.14 bits per heavy atom. The maximum Gasteiger partial charge on any atom is 0.223 e. The van der Waals surface area contributed by atoms with Crippen molar-refractivity contribution in [1.82, 2.24) is 19.9 Å². The van der Waals surface area contributed by atoms with E-state index in [0.29, 0.717) is 6.42 Å². The molecule has 28 heavy (non-hydrogen) atoms. The summed E-state index contributed by atoms with van der Waals surface area (Å²) in [6.07, 6.45) is 6.82. The smallest absolute Gasteiger partial charge is 0.223 e. The zero-order valence-corrected chi connectivity index (χ0v) is 16.2. The molecule has 2 aromatic heterocycles. The molecule has 1 spiro atoms. The number of hydrogen-bond donors (Lipinski definition) is 1. The topological polar surface area (TPSA) is 65.1 Å². The van der Waals surface area contributed by atoms with E-state index in [0.717, 1.165) is 50.4 Å². The Morgan fingerprint density at radius 3 is 2.79 bits per heavy atom. The molecule has 1 N–H and O–H groups in total. The lowest BCUT2D eigenvalue weighted by Crippen LogP contribution is -2.58. The summed E-state index contributed by atoms with van der Waals surface area (Å²) in [5.41, 5.74) is 1.98. The summed E-state index contributed by atoms with van der Waals surface area (Å²) in [5.74, 6) is 1.27. The van der Waals surface area contributed by atoms with Gasteiger partial charge in [-0.15, -0.1) is 0 Å². The van der Waals surface area contributed by atoms with Crippen LogP contribution in [0.1, 0.15) is 37.6 Å². The Labute approximate surface area is 164 Å². The van der Waals surface area contributed by atoms with Gasteiger partial charge in [-0.3, -0.25) is 4.79 Å². The van der Waals surface area contributed by atoms with Gasteiger partial charge < -0.3 is 14.8 Å². The summed E-state index contributed by atoms with van der Waals surface area (Å²) < 4.78 is 0. The normalized spacial score (nSPS) is 18.5. The molecule has 6 nitrogen and oxygen atoms in total. The Hall–Kier alpha value is -2.89. The van der Waals surface area contributed by atoms with Crippen molar-refractivity contribution < 1.29 is 4.79 Å². The molecule has 4 heterocycles. The van der Waals surface area contributed by atoms with Crippen LogP contribution in [0.4, 0.5) is 5.82 Å². The molecule has 5 rings (SSSR count). The van der Waals surface area contributed by atoms with E-state index in [2.05, 4.69) is 50.1 Å². The number of carbonyl (C=O) groups excluding carboxylic acids is 1. The number of imidazole rings is 1. The van der Waals surface area contributed by atoms with E-state index in [4.69, 9.17) is 4.98 Å². The van der Waals surface area contributed by atoms with Crippen LogP contribution in [0.25, 0.3) is 10.8 Å². The van der Waals surface area contributed by atoms with Crippen molar-refractivity contribution in [3.63, 3.8) is 0 Å². The Bertz CT molecular complexity index is 1010. The molecule has 2 aliphatic rings. The standard InChI is InChI=1S/C22H25N5O/c1-2-19(28)27-12-8-18-20(25-15-24-18)22(27)9-13-26(14-10-22)21-17-6-4-3-5-16(17)7-11-23-21/h3-7,11,15H,2,8-10,12-14H2,1H3,(H,24,25). The van der Waals surface area contributed by atoms with Crippen LogP contribution in [-0.2, 0) is 16.8 Å². The lowest BCUT2D eigenvalue weighted by Gasteiger charge is -2.50. The number of aromatic amines is 1. The highest BCUT2D eigenvalue weighted by atomic mass is 16.2. The monoisotopic (exact) mass is 375 g/mol. The number of rotatable bonds is 2. The summed E-state index contributed by atoms with van der Waals surface area (Å²) in [4.78, 5) is 29.9. The van der Waals surface area contributed by atoms with E-state index in [-0.39, 0.29) is 11.4 Å². The molecule has 0 unspecified atom stereocenters. The second-order valence-electron chi connectivity index (χ2n) is 7.75. The third kappa shape index (κ3) is 2.51. The van der Waals surface area contributed by atoms with Crippen molar-refractivity contribution in [1.29, 1.82) is 0 Å². The predicted octanol–water partition coefficient (Wildman–Crippen LogP) is 3.25. The molecule has 6 heteroatoms. The van der Waals surface area contributed by atoms with Gasteiger partial charge in [-0.2, -0.15) is 0 Å². The van der Waals surface area contributed by atoms with Crippen LogP contribution in [0, 0.1) is 0 Å². The van der Waals surface area contributed by atoms with Crippen LogP contribution in [0.2, 0.25) is 0 Å². The van der Waals surface area contributed by atoms with E-state index in [1.807, 2.05) is 13.1 Å². The third-order valence-corrected chi connectivity index (χ3v) is 6.41. The lowest BCUT2D eigenvalue weighted by molar-refractivity contribution is -0.140. The quantitative estimate of drug-likeness (QED) is 0.747. The molecule has 0 atom stereocenters. The molecule has 0 aliphatic carbocycles. The Morgan fingerprint density at radius 2 is 1.96 bits per heavy atom. The van der Waals surface area contributed by atoms with Gasteiger partial charge in [-0.1, -0.05) is 31.2 Å². The lowest BCUT2D eigenvalue weighted by atomic mass is 9.78. The van der Waals surface area contributed by atoms with E-state index >= 15 is 0 Å². The third-order valence-electron chi connectivity index (χ3n) is 6.41. The first-order chi connectivity index (χ1) is 13.7. The Kier molecular flexibility index (Phi) is 4.07. The molecule has 0 bridgehead atoms. The number of amides is 1. The minimum atomic E-state index is -0.290. The van der Waals surface area contributed by atoms with Crippen LogP contribution in [0.5, 0.6) is 0 Å². The maximum absolute atomic E-state index is 12.8. The van der Waals surface area contributed by atoms with E-state index in [1.165, 1.54) is 16.5 Å². The molecular formula is C22H25N5O. The second-order valence-corrected chi connectivity index (χ2v) is 7.75. The van der Waals surface area contributed by atoms with Gasteiger partial charge in [0, 0.05) is 49.8 Å². The first-order valence-electron chi connectivity index (χ1n) is 10.1. The average Bonchev–Trinajstić information content (AvgIpc) is 3.24. The SMILES string of the molecule is CCC(=O)N1CCc2[nH]cnc2C12CCN(c1nccc3ccccc13)CC2. The number of nitrogens with zero attached hydrogens (tertiary/aromatic N) is 4. The number of piperidine rings is 1. The van der Waals surface area contributed by atoms with Gasteiger partial charge >= 0.3 is 0 Å². The summed E-state index contributed by atoms with van der Waals surface area (Å²) >= 11 is 0. The summed E-state index contributed by atoms with van der Waals surface area (Å²) in [7, 11) is 0. The number of aromatic nitrogens is 3. The molecule has 0 radical (unpaired) electrons. The van der Waals surface area contributed by atoms with Crippen molar-refractivity contribution in [3.8, 4) is 0 Å². The van der Waals surface area contributed by atoms with Crippen LogP contribution in [0.3, 0.4) is 0 Å². The minimum Gasteiger partial charge on any atom is -0.356 e. The first kappa shape index (κ1) is 17.2. The summed E-state index contributed by atoms with van der Waals surface area (Å²) in [6, 6.07) is 10.5. The van der Waals surface area contributed by atoms with Gasteiger partial charge in [0.25, 0.3) is 0 Å². The fraction of sp³-hybridized carbons (Fsp3) is 0.409. The van der Waals surface area contributed by atoms with E-state index < -0.39 is 0 Å². The molecule has 3 aromatic rings. The molecule has 1 aromatic carbocycles. The van der Waals surface area contributed by atoms with Gasteiger partial charge in [0.15, 0.2) is 0 Å². The van der Waals surface area contributed by atoms with Gasteiger partial charge in [-0.25, -0.2) is 9.97 Å². The molecule has 1 saturated heterocycles. The number of benzene rings is 1. The summed E-state index contributed by atoms with van der Waals surface area (Å²) in [6.45, 7) is 4.45. The fourth-order valence-electron chi connectivity index (χ4n) is 4.98. The van der Waals surface area contributed by atoms with E-state index in [9.17, 15) is 4.79 Å². The molecule has 1 amide bonds. The van der Waals surface area contributed by atoms with Crippen LogP contribution >= 0.6 is 0 Å². The zero-order valence-electron chi connectivity index (χ0n) is 16.2. The van der Waals surface area contributed by atoms with Crippen molar-refractivity contribution in [2.75, 3.05) is 24.5 Å². The van der Waals surface area contributed by atoms with Crippen molar-refractivity contribution in [2.45, 2.75) is 38.1 Å². The number of nitrogens with one attached hydrogen (secondary N) is 1. The highest BCUT2D eigenvalue weighted by molar-refractivity contribution is 5.92. The number of carbonyl (C=O) groups is 1. The predicted molar refractivity (Wildman–Crippen MR) is 109 cm³/mol. The number of H-pyrrole nitrogens is 1.